The van der Waals surface area contributed by atoms with Crippen molar-refractivity contribution in [2.24, 2.45) is 5.73 Å². The number of ether oxygens (including phenoxy) is 1. The zero-order valence-corrected chi connectivity index (χ0v) is 13.4. The number of halogens is 1. The largest absolute Gasteiger partial charge is 0.457 e. The van der Waals surface area contributed by atoms with E-state index < -0.39 is 0 Å². The van der Waals surface area contributed by atoms with Crippen LogP contribution >= 0.6 is 28.1 Å². The summed E-state index contributed by atoms with van der Waals surface area (Å²) in [5.74, 6) is 1.56. The third kappa shape index (κ3) is 2.91. The summed E-state index contributed by atoms with van der Waals surface area (Å²) in [6.45, 7) is 0. The molecule has 0 aromatic heterocycles. The molecule has 0 bridgehead atoms. The Balaban J connectivity index is 1.99. The van der Waals surface area contributed by atoms with Crippen molar-refractivity contribution in [1.29, 1.82) is 0 Å². The highest BCUT2D eigenvalue weighted by Crippen LogP contribution is 2.31. The molecule has 0 saturated carbocycles. The molecule has 3 rings (SSSR count). The van der Waals surface area contributed by atoms with E-state index in [1.165, 1.54) is 0 Å². The Morgan fingerprint density at radius 1 is 1.00 bits per heavy atom. The first-order chi connectivity index (χ1) is 10.1. The van der Waals surface area contributed by atoms with Gasteiger partial charge >= 0.3 is 0 Å². The van der Waals surface area contributed by atoms with Gasteiger partial charge in [0.05, 0.1) is 0 Å². The molecule has 0 spiro atoms. The molecule has 4 heteroatoms. The standard InChI is InChI=1S/C17H12BrNOS/c18-15-10-12(8-9-14(15)17(19)21)20-16-7-3-5-11-4-1-2-6-13(11)16/h1-10H,(H2,19,21). The van der Waals surface area contributed by atoms with Gasteiger partial charge in [-0.25, -0.2) is 0 Å². The van der Waals surface area contributed by atoms with Crippen molar-refractivity contribution in [3.05, 3.63) is 70.7 Å². The highest BCUT2D eigenvalue weighted by Gasteiger charge is 2.07. The van der Waals surface area contributed by atoms with Crippen molar-refractivity contribution >= 4 is 43.9 Å². The number of fused-ring (bicyclic) bond motifs is 1. The minimum atomic E-state index is 0.360. The van der Waals surface area contributed by atoms with Crippen LogP contribution in [0.5, 0.6) is 11.5 Å². The molecule has 0 atom stereocenters. The van der Waals surface area contributed by atoms with Crippen LogP contribution in [0.1, 0.15) is 5.56 Å². The van der Waals surface area contributed by atoms with Gasteiger partial charge in [-0.2, -0.15) is 0 Å². The summed E-state index contributed by atoms with van der Waals surface area (Å²) in [5.41, 5.74) is 6.45. The van der Waals surface area contributed by atoms with Gasteiger partial charge in [0.1, 0.15) is 16.5 Å². The maximum atomic E-state index is 5.99. The molecule has 0 aliphatic carbocycles. The number of thiocarbonyl (C=S) groups is 1. The molecule has 2 N–H and O–H groups in total. The van der Waals surface area contributed by atoms with Crippen LogP contribution in [0.3, 0.4) is 0 Å². The lowest BCUT2D eigenvalue weighted by molar-refractivity contribution is 0.488. The van der Waals surface area contributed by atoms with Crippen LogP contribution in [0.15, 0.2) is 65.1 Å². The highest BCUT2D eigenvalue weighted by atomic mass is 79.9. The summed E-state index contributed by atoms with van der Waals surface area (Å²) in [4.78, 5) is 0.360. The van der Waals surface area contributed by atoms with Gasteiger partial charge in [-0.15, -0.1) is 0 Å². The normalized spacial score (nSPS) is 10.5. The predicted octanol–water partition coefficient (Wildman–Crippen LogP) is 5.03. The smallest absolute Gasteiger partial charge is 0.135 e. The fraction of sp³-hybridized carbons (Fsp3) is 0. The zero-order chi connectivity index (χ0) is 14.8. The second kappa shape index (κ2) is 5.84. The molecule has 0 amide bonds. The Bertz CT molecular complexity index is 827. The molecule has 0 saturated heterocycles. The average molecular weight is 358 g/mol. The number of nitrogens with two attached hydrogens (primary N) is 1. The summed E-state index contributed by atoms with van der Waals surface area (Å²) in [7, 11) is 0. The molecule has 2 nitrogen and oxygen atoms in total. The van der Waals surface area contributed by atoms with E-state index in [4.69, 9.17) is 22.7 Å². The summed E-state index contributed by atoms with van der Waals surface area (Å²) < 4.78 is 6.82. The van der Waals surface area contributed by atoms with Gasteiger partial charge in [0.25, 0.3) is 0 Å². The van der Waals surface area contributed by atoms with Gasteiger partial charge in [0.15, 0.2) is 0 Å². The molecule has 104 valence electrons. The minimum Gasteiger partial charge on any atom is -0.457 e. The monoisotopic (exact) mass is 357 g/mol. The maximum absolute atomic E-state index is 5.99. The van der Waals surface area contributed by atoms with Crippen LogP contribution in [0.25, 0.3) is 10.8 Å². The fourth-order valence-electron chi connectivity index (χ4n) is 2.17. The third-order valence-corrected chi connectivity index (χ3v) is 4.06. The molecule has 21 heavy (non-hydrogen) atoms. The Morgan fingerprint density at radius 2 is 1.76 bits per heavy atom. The first kappa shape index (κ1) is 14.0. The second-order valence-electron chi connectivity index (χ2n) is 4.59. The van der Waals surface area contributed by atoms with Crippen LogP contribution in [0.2, 0.25) is 0 Å². The quantitative estimate of drug-likeness (QED) is 0.667. The fourth-order valence-corrected chi connectivity index (χ4v) is 3.05. The number of hydrogen-bond donors (Lipinski definition) is 1. The first-order valence-electron chi connectivity index (χ1n) is 6.40. The van der Waals surface area contributed by atoms with Crippen molar-refractivity contribution in [3.63, 3.8) is 0 Å². The van der Waals surface area contributed by atoms with Crippen LogP contribution in [-0.4, -0.2) is 4.99 Å². The maximum Gasteiger partial charge on any atom is 0.135 e. The van der Waals surface area contributed by atoms with E-state index in [2.05, 4.69) is 28.1 Å². The van der Waals surface area contributed by atoms with Gasteiger partial charge in [-0.3, -0.25) is 0 Å². The lowest BCUT2D eigenvalue weighted by Crippen LogP contribution is -2.09. The van der Waals surface area contributed by atoms with Gasteiger partial charge in [-0.05, 0) is 45.6 Å². The van der Waals surface area contributed by atoms with Gasteiger partial charge in [-0.1, -0.05) is 48.6 Å². The van der Waals surface area contributed by atoms with E-state index in [9.17, 15) is 0 Å². The third-order valence-electron chi connectivity index (χ3n) is 3.18. The van der Waals surface area contributed by atoms with E-state index in [0.29, 0.717) is 4.99 Å². The van der Waals surface area contributed by atoms with E-state index in [0.717, 1.165) is 32.3 Å². The molecular weight excluding hydrogens is 346 g/mol. The van der Waals surface area contributed by atoms with Crippen LogP contribution in [-0.2, 0) is 0 Å². The molecule has 0 aliphatic heterocycles. The van der Waals surface area contributed by atoms with Crippen molar-refractivity contribution in [2.45, 2.75) is 0 Å². The molecule has 0 fully saturated rings. The molecule has 3 aromatic carbocycles. The molecule has 0 heterocycles. The average Bonchev–Trinajstić information content (AvgIpc) is 2.47. The summed E-state index contributed by atoms with van der Waals surface area (Å²) >= 11 is 8.46. The zero-order valence-electron chi connectivity index (χ0n) is 11.0. The minimum absolute atomic E-state index is 0.360. The number of rotatable bonds is 3. The van der Waals surface area contributed by atoms with Crippen molar-refractivity contribution < 1.29 is 4.74 Å². The van der Waals surface area contributed by atoms with E-state index in [-0.39, 0.29) is 0 Å². The Labute approximate surface area is 136 Å². The Morgan fingerprint density at radius 3 is 2.52 bits per heavy atom. The van der Waals surface area contributed by atoms with E-state index in [1.807, 2.05) is 48.5 Å². The molecule has 0 radical (unpaired) electrons. The molecule has 0 aliphatic rings. The van der Waals surface area contributed by atoms with E-state index in [1.54, 1.807) is 0 Å². The molecular formula is C17H12BrNOS. The summed E-state index contributed by atoms with van der Waals surface area (Å²) in [5, 5.41) is 2.23. The first-order valence-corrected chi connectivity index (χ1v) is 7.60. The van der Waals surface area contributed by atoms with Crippen LogP contribution in [0, 0.1) is 0 Å². The molecule has 0 unspecified atom stereocenters. The summed E-state index contributed by atoms with van der Waals surface area (Å²) in [6.07, 6.45) is 0. The SMILES string of the molecule is NC(=S)c1ccc(Oc2cccc3ccccc23)cc1Br. The number of benzene rings is 3. The molecule has 3 aromatic rings. The van der Waals surface area contributed by atoms with Gasteiger partial charge in [0, 0.05) is 15.4 Å². The van der Waals surface area contributed by atoms with Crippen LogP contribution in [0.4, 0.5) is 0 Å². The second-order valence-corrected chi connectivity index (χ2v) is 5.88. The number of hydrogen-bond acceptors (Lipinski definition) is 2. The Kier molecular flexibility index (Phi) is 3.90. The van der Waals surface area contributed by atoms with Gasteiger partial charge in [0.2, 0.25) is 0 Å². The van der Waals surface area contributed by atoms with Crippen molar-refractivity contribution in [3.8, 4) is 11.5 Å². The summed E-state index contributed by atoms with van der Waals surface area (Å²) in [6, 6.07) is 19.7. The topological polar surface area (TPSA) is 35.2 Å². The van der Waals surface area contributed by atoms with E-state index >= 15 is 0 Å². The predicted molar refractivity (Wildman–Crippen MR) is 94.1 cm³/mol. The van der Waals surface area contributed by atoms with Crippen LogP contribution < -0.4 is 10.5 Å². The van der Waals surface area contributed by atoms with Crippen molar-refractivity contribution in [1.82, 2.24) is 0 Å². The lowest BCUT2D eigenvalue weighted by Gasteiger charge is -2.10. The van der Waals surface area contributed by atoms with Crippen molar-refractivity contribution in [2.75, 3.05) is 0 Å². The lowest BCUT2D eigenvalue weighted by atomic mass is 10.1. The Hall–Kier alpha value is -1.91. The van der Waals surface area contributed by atoms with Gasteiger partial charge < -0.3 is 10.5 Å². The highest BCUT2D eigenvalue weighted by molar-refractivity contribution is 9.10.